The Morgan fingerprint density at radius 2 is 1.90 bits per heavy atom. The zero-order valence-corrected chi connectivity index (χ0v) is 17.3. The Hall–Kier alpha value is -2.97. The van der Waals surface area contributed by atoms with Crippen LogP contribution in [0.5, 0.6) is 0 Å². The molecule has 3 rings (SSSR count). The van der Waals surface area contributed by atoms with Crippen LogP contribution in [0.15, 0.2) is 42.5 Å². The van der Waals surface area contributed by atoms with E-state index in [-0.39, 0.29) is 30.1 Å². The molecule has 1 saturated heterocycles. The molecule has 0 spiro atoms. The van der Waals surface area contributed by atoms with Crippen molar-refractivity contribution in [3.05, 3.63) is 68.7 Å². The van der Waals surface area contributed by atoms with Gasteiger partial charge in [-0.25, -0.2) is 0 Å². The molecular weight excluding hydrogens is 408 g/mol. The first-order valence-electron chi connectivity index (χ1n) is 9.66. The summed E-state index contributed by atoms with van der Waals surface area (Å²) in [6, 6.07) is 11.3. The van der Waals surface area contributed by atoms with Crippen LogP contribution in [0.1, 0.15) is 28.8 Å². The molecule has 2 aromatic rings. The fraction of sp³-hybridized carbons (Fsp3) is 0.333. The maximum Gasteiger partial charge on any atom is 0.269 e. The topological polar surface area (TPSA) is 105 Å². The number of piperidine rings is 1. The van der Waals surface area contributed by atoms with Crippen LogP contribution in [0.4, 0.5) is 11.4 Å². The van der Waals surface area contributed by atoms with Crippen LogP contribution in [0.3, 0.4) is 0 Å². The number of benzene rings is 2. The number of non-ortho nitro benzene ring substituents is 1. The third-order valence-electron chi connectivity index (χ3n) is 5.10. The summed E-state index contributed by atoms with van der Waals surface area (Å²) in [6.07, 6.45) is 1.47. The number of carbonyl (C=O) groups excluding carboxylic acids is 2. The van der Waals surface area contributed by atoms with E-state index < -0.39 is 4.92 Å². The van der Waals surface area contributed by atoms with Crippen molar-refractivity contribution in [2.75, 3.05) is 25.0 Å². The highest BCUT2D eigenvalue weighted by atomic mass is 35.5. The summed E-state index contributed by atoms with van der Waals surface area (Å²) >= 11 is 6.07. The summed E-state index contributed by atoms with van der Waals surface area (Å²) in [5, 5.41) is 17.1. The van der Waals surface area contributed by atoms with E-state index in [0.29, 0.717) is 34.9 Å². The fourth-order valence-corrected chi connectivity index (χ4v) is 3.66. The number of nitro groups is 1. The molecule has 0 aliphatic carbocycles. The quantitative estimate of drug-likeness (QED) is 0.540. The molecule has 1 aliphatic rings. The van der Waals surface area contributed by atoms with Crippen molar-refractivity contribution >= 4 is 34.8 Å². The van der Waals surface area contributed by atoms with Gasteiger partial charge in [0.05, 0.1) is 22.1 Å². The van der Waals surface area contributed by atoms with Gasteiger partial charge in [0.2, 0.25) is 5.91 Å². The molecule has 0 unspecified atom stereocenters. The van der Waals surface area contributed by atoms with E-state index in [1.54, 1.807) is 37.3 Å². The number of likely N-dealkylation sites (tertiary alicyclic amines) is 1. The van der Waals surface area contributed by atoms with Crippen molar-refractivity contribution in [2.24, 2.45) is 0 Å². The van der Waals surface area contributed by atoms with Gasteiger partial charge in [-0.15, -0.1) is 0 Å². The van der Waals surface area contributed by atoms with Crippen LogP contribution >= 0.6 is 11.6 Å². The molecule has 1 aliphatic heterocycles. The number of hydrogen-bond donors (Lipinski definition) is 2. The predicted molar refractivity (Wildman–Crippen MR) is 115 cm³/mol. The molecule has 0 radical (unpaired) electrons. The molecule has 158 valence electrons. The summed E-state index contributed by atoms with van der Waals surface area (Å²) in [4.78, 5) is 37.1. The second kappa shape index (κ2) is 9.69. The summed E-state index contributed by atoms with van der Waals surface area (Å²) in [7, 11) is 0. The monoisotopic (exact) mass is 430 g/mol. The Balaban J connectivity index is 1.46. The number of carbonyl (C=O) groups is 2. The third-order valence-corrected chi connectivity index (χ3v) is 5.43. The van der Waals surface area contributed by atoms with E-state index in [2.05, 4.69) is 10.6 Å². The zero-order chi connectivity index (χ0) is 21.7. The van der Waals surface area contributed by atoms with Crippen LogP contribution in [-0.2, 0) is 4.79 Å². The van der Waals surface area contributed by atoms with E-state index in [0.717, 1.165) is 12.8 Å². The molecular formula is C21H23ClN4O4. The lowest BCUT2D eigenvalue weighted by Gasteiger charge is -2.32. The first-order valence-corrected chi connectivity index (χ1v) is 10.0. The van der Waals surface area contributed by atoms with Gasteiger partial charge in [-0.05, 0) is 43.5 Å². The van der Waals surface area contributed by atoms with E-state index in [1.807, 2.05) is 4.90 Å². The van der Waals surface area contributed by atoms with Gasteiger partial charge < -0.3 is 10.6 Å². The maximum atomic E-state index is 12.4. The Kier molecular flexibility index (Phi) is 7.02. The molecule has 2 N–H and O–H groups in total. The van der Waals surface area contributed by atoms with Crippen LogP contribution in [0, 0.1) is 17.0 Å². The van der Waals surface area contributed by atoms with Gasteiger partial charge in [0, 0.05) is 37.0 Å². The summed E-state index contributed by atoms with van der Waals surface area (Å²) in [6.45, 7) is 3.30. The lowest BCUT2D eigenvalue weighted by Crippen LogP contribution is -2.46. The molecule has 2 amide bonds. The van der Waals surface area contributed by atoms with Gasteiger partial charge in [0.15, 0.2) is 0 Å². The standard InChI is InChI=1S/C21H23ClN4O4/c1-14-12-16(26(29)30)6-7-19(14)24-20(27)13-25-10-8-15(9-11-25)23-21(28)17-4-2-3-5-18(17)22/h2-7,12,15H,8-11,13H2,1H3,(H,23,28)(H,24,27). The second-order valence-corrected chi connectivity index (χ2v) is 7.72. The number of hydrogen-bond acceptors (Lipinski definition) is 5. The smallest absolute Gasteiger partial charge is 0.269 e. The van der Waals surface area contributed by atoms with E-state index in [1.165, 1.54) is 12.1 Å². The minimum atomic E-state index is -0.465. The Bertz CT molecular complexity index is 958. The van der Waals surface area contributed by atoms with E-state index >= 15 is 0 Å². The average molecular weight is 431 g/mol. The molecule has 1 heterocycles. The zero-order valence-electron chi connectivity index (χ0n) is 16.6. The maximum absolute atomic E-state index is 12.4. The lowest BCUT2D eigenvalue weighted by molar-refractivity contribution is -0.384. The van der Waals surface area contributed by atoms with E-state index in [9.17, 15) is 19.7 Å². The van der Waals surface area contributed by atoms with Crippen molar-refractivity contribution in [3.63, 3.8) is 0 Å². The number of rotatable bonds is 6. The van der Waals surface area contributed by atoms with Crippen molar-refractivity contribution in [1.82, 2.24) is 10.2 Å². The fourth-order valence-electron chi connectivity index (χ4n) is 3.44. The minimum absolute atomic E-state index is 0.00795. The number of nitrogens with one attached hydrogen (secondary N) is 2. The SMILES string of the molecule is Cc1cc([N+](=O)[O-])ccc1NC(=O)CN1CCC(NC(=O)c2ccccc2Cl)CC1. The first kappa shape index (κ1) is 21.7. The number of aryl methyl sites for hydroxylation is 1. The normalized spacial score (nSPS) is 14.9. The number of halogens is 1. The Labute approximate surface area is 179 Å². The third kappa shape index (κ3) is 5.55. The summed E-state index contributed by atoms with van der Waals surface area (Å²) in [5.41, 5.74) is 1.65. The highest BCUT2D eigenvalue weighted by Crippen LogP contribution is 2.21. The van der Waals surface area contributed by atoms with Crippen LogP contribution in [-0.4, -0.2) is 47.3 Å². The summed E-state index contributed by atoms with van der Waals surface area (Å²) in [5.74, 6) is -0.365. The van der Waals surface area contributed by atoms with Crippen molar-refractivity contribution in [3.8, 4) is 0 Å². The lowest BCUT2D eigenvalue weighted by atomic mass is 10.0. The van der Waals surface area contributed by atoms with Crippen LogP contribution in [0.25, 0.3) is 0 Å². The van der Waals surface area contributed by atoms with Crippen molar-refractivity contribution in [1.29, 1.82) is 0 Å². The van der Waals surface area contributed by atoms with Gasteiger partial charge in [-0.1, -0.05) is 23.7 Å². The van der Waals surface area contributed by atoms with Gasteiger partial charge in [0.1, 0.15) is 0 Å². The van der Waals surface area contributed by atoms with Gasteiger partial charge >= 0.3 is 0 Å². The van der Waals surface area contributed by atoms with Crippen LogP contribution in [0.2, 0.25) is 5.02 Å². The number of anilines is 1. The minimum Gasteiger partial charge on any atom is -0.349 e. The molecule has 9 heteroatoms. The Morgan fingerprint density at radius 1 is 1.20 bits per heavy atom. The average Bonchev–Trinajstić information content (AvgIpc) is 2.71. The number of amides is 2. The van der Waals surface area contributed by atoms with Gasteiger partial charge in [0.25, 0.3) is 11.6 Å². The molecule has 0 aromatic heterocycles. The highest BCUT2D eigenvalue weighted by Gasteiger charge is 2.23. The molecule has 8 nitrogen and oxygen atoms in total. The molecule has 0 saturated carbocycles. The molecule has 30 heavy (non-hydrogen) atoms. The molecule has 1 fully saturated rings. The van der Waals surface area contributed by atoms with Crippen molar-refractivity contribution < 1.29 is 14.5 Å². The molecule has 2 aromatic carbocycles. The Morgan fingerprint density at radius 3 is 2.53 bits per heavy atom. The first-order chi connectivity index (χ1) is 14.3. The number of nitrogens with zero attached hydrogens (tertiary/aromatic N) is 2. The van der Waals surface area contributed by atoms with Gasteiger partial charge in [-0.3, -0.25) is 24.6 Å². The van der Waals surface area contributed by atoms with Gasteiger partial charge in [-0.2, -0.15) is 0 Å². The predicted octanol–water partition coefficient (Wildman–Crippen LogP) is 3.39. The second-order valence-electron chi connectivity index (χ2n) is 7.31. The van der Waals surface area contributed by atoms with Crippen molar-refractivity contribution in [2.45, 2.75) is 25.8 Å². The number of nitro benzene ring substituents is 1. The molecule has 0 atom stereocenters. The summed E-state index contributed by atoms with van der Waals surface area (Å²) < 4.78 is 0. The van der Waals surface area contributed by atoms with E-state index in [4.69, 9.17) is 11.6 Å². The van der Waals surface area contributed by atoms with Crippen LogP contribution < -0.4 is 10.6 Å². The largest absolute Gasteiger partial charge is 0.349 e. The molecule has 0 bridgehead atoms. The highest BCUT2D eigenvalue weighted by molar-refractivity contribution is 6.33.